The maximum Gasteiger partial charge on any atom is 0.338 e. The fourth-order valence-corrected chi connectivity index (χ4v) is 6.57. The molecule has 2 fully saturated rings. The molecule has 49 heavy (non-hydrogen) atoms. The molecule has 3 aromatic rings. The quantitative estimate of drug-likeness (QED) is 0.151. The predicted molar refractivity (Wildman–Crippen MR) is 179 cm³/mol. The lowest BCUT2D eigenvalue weighted by Gasteiger charge is -2.33. The summed E-state index contributed by atoms with van der Waals surface area (Å²) >= 11 is 0. The Labute approximate surface area is 284 Å². The third kappa shape index (κ3) is 7.45. The number of rotatable bonds is 12. The van der Waals surface area contributed by atoms with E-state index in [9.17, 15) is 19.5 Å². The molecule has 256 valence electrons. The van der Waals surface area contributed by atoms with Crippen molar-refractivity contribution in [1.29, 1.82) is 0 Å². The van der Waals surface area contributed by atoms with E-state index in [1.165, 1.54) is 6.26 Å². The third-order valence-corrected chi connectivity index (χ3v) is 8.84. The van der Waals surface area contributed by atoms with Gasteiger partial charge in [0.05, 0.1) is 25.0 Å². The van der Waals surface area contributed by atoms with E-state index in [0.717, 1.165) is 11.1 Å². The number of hydrogen-bond donors (Lipinski definition) is 3. The van der Waals surface area contributed by atoms with Crippen molar-refractivity contribution < 1.29 is 43.5 Å². The number of carbonyl (C=O) groups excluding carboxylic acids is 3. The summed E-state index contributed by atoms with van der Waals surface area (Å²) in [5, 5.41) is 20.8. The number of fused-ring (bicyclic) bond motifs is 1. The van der Waals surface area contributed by atoms with E-state index in [1.54, 1.807) is 41.3 Å². The first kappa shape index (κ1) is 34.1. The van der Waals surface area contributed by atoms with Gasteiger partial charge in [-0.05, 0) is 42.7 Å². The van der Waals surface area contributed by atoms with E-state index in [2.05, 4.69) is 5.32 Å². The molecule has 11 heteroatoms. The van der Waals surface area contributed by atoms with Gasteiger partial charge in [0.15, 0.2) is 0 Å². The van der Waals surface area contributed by atoms with Crippen LogP contribution in [0, 0.1) is 0 Å². The summed E-state index contributed by atoms with van der Waals surface area (Å²) in [6.45, 7) is 0.324. The van der Waals surface area contributed by atoms with Crippen LogP contribution in [0.15, 0.2) is 103 Å². The molecular weight excluding hydrogens is 628 g/mol. The highest BCUT2D eigenvalue weighted by Crippen LogP contribution is 2.47. The van der Waals surface area contributed by atoms with Crippen molar-refractivity contribution in [3.63, 3.8) is 0 Å². The van der Waals surface area contributed by atoms with Crippen molar-refractivity contribution in [2.75, 3.05) is 32.9 Å². The van der Waals surface area contributed by atoms with Crippen molar-refractivity contribution >= 4 is 23.9 Å². The molecule has 0 radical (unpaired) electrons. The summed E-state index contributed by atoms with van der Waals surface area (Å²) in [4.78, 5) is 42.3. The minimum Gasteiger partial charge on any atom is -0.499 e. The molecule has 2 aliphatic heterocycles. The molecule has 6 rings (SSSR count). The number of amides is 2. The Hall–Kier alpha value is -4.81. The lowest BCUT2D eigenvalue weighted by atomic mass is 9.91. The second-order valence-corrected chi connectivity index (χ2v) is 12.0. The maximum atomic E-state index is 14.1. The molecule has 3 aromatic carbocycles. The zero-order chi connectivity index (χ0) is 34.2. The smallest absolute Gasteiger partial charge is 0.338 e. The molecule has 2 amide bonds. The van der Waals surface area contributed by atoms with Gasteiger partial charge in [-0.15, -0.1) is 0 Å². The summed E-state index contributed by atoms with van der Waals surface area (Å²) in [7, 11) is 0. The van der Waals surface area contributed by atoms with Crippen LogP contribution in [0.5, 0.6) is 0 Å². The summed E-state index contributed by atoms with van der Waals surface area (Å²) < 4.78 is 25.0. The van der Waals surface area contributed by atoms with Gasteiger partial charge in [0.25, 0.3) is 0 Å². The highest BCUT2D eigenvalue weighted by Gasteiger charge is 2.55. The van der Waals surface area contributed by atoms with E-state index >= 15 is 0 Å². The molecule has 2 saturated heterocycles. The highest BCUT2D eigenvalue weighted by atomic mass is 16.8. The molecule has 11 nitrogen and oxygen atoms in total. The first-order valence-electron chi connectivity index (χ1n) is 16.5. The van der Waals surface area contributed by atoms with Crippen LogP contribution < -0.4 is 5.32 Å². The van der Waals surface area contributed by atoms with Crippen LogP contribution >= 0.6 is 0 Å². The van der Waals surface area contributed by atoms with Gasteiger partial charge in [-0.3, -0.25) is 9.59 Å². The molecule has 0 unspecified atom stereocenters. The fourth-order valence-electron chi connectivity index (χ4n) is 6.57. The summed E-state index contributed by atoms with van der Waals surface area (Å²) in [6.07, 6.45) is 3.62. The van der Waals surface area contributed by atoms with Crippen molar-refractivity contribution in [2.24, 2.45) is 0 Å². The molecule has 0 aromatic heterocycles. The number of hydrogen-bond acceptors (Lipinski definition) is 9. The molecule has 0 bridgehead atoms. The highest BCUT2D eigenvalue weighted by molar-refractivity contribution is 5.98. The van der Waals surface area contributed by atoms with E-state index in [0.29, 0.717) is 36.1 Å². The van der Waals surface area contributed by atoms with Gasteiger partial charge in [-0.2, -0.15) is 0 Å². The molecule has 1 aliphatic carbocycles. The van der Waals surface area contributed by atoms with E-state index in [4.69, 9.17) is 24.1 Å². The van der Waals surface area contributed by atoms with E-state index < -0.39 is 36.1 Å². The lowest BCUT2D eigenvalue weighted by molar-refractivity contribution is -0.157. The third-order valence-electron chi connectivity index (χ3n) is 8.84. The maximum absolute atomic E-state index is 14.1. The molecule has 2 heterocycles. The number of nitrogens with zero attached hydrogens (tertiary/aromatic N) is 1. The second-order valence-electron chi connectivity index (χ2n) is 12.0. The Bertz CT molecular complexity index is 1640. The number of carbonyl (C=O) groups is 3. The summed E-state index contributed by atoms with van der Waals surface area (Å²) in [6, 6.07) is 25.1. The summed E-state index contributed by atoms with van der Waals surface area (Å²) in [5.74, 6) is -2.61. The molecule has 4 atom stereocenters. The molecule has 3 N–H and O–H groups in total. The molecule has 3 aliphatic rings. The van der Waals surface area contributed by atoms with Gasteiger partial charge in [0, 0.05) is 36.2 Å². The van der Waals surface area contributed by atoms with Crippen molar-refractivity contribution in [3.8, 4) is 0 Å². The summed E-state index contributed by atoms with van der Waals surface area (Å²) in [5.41, 5.74) is 2.82. The number of aliphatic hydroxyl groups excluding tert-OH is 2. The Morgan fingerprint density at radius 1 is 0.939 bits per heavy atom. The Balaban J connectivity index is 1.33. The van der Waals surface area contributed by atoms with Crippen LogP contribution in [0.25, 0.3) is 6.08 Å². The standard InChI is InChI=1S/C38H40N2O9/c41-19-17-39-35(43)31-15-8-18-40(31)36(44)28-24-32(47-37(45)27-10-7-9-26(23-27)16-21-46-22-20-42)34-33(25-28)48-38(49-34,29-11-3-1-4-12-29)30-13-5-2-6-14-30/h1-7,9-14,16,21,23,25,31-34,41-42H,8,15,17-20,22,24H2,(H,39,43)/t31-,32-,33-,34+/m1/s1. The van der Waals surface area contributed by atoms with Crippen molar-refractivity contribution in [1.82, 2.24) is 10.2 Å². The van der Waals surface area contributed by atoms with Crippen LogP contribution in [0.1, 0.15) is 46.3 Å². The van der Waals surface area contributed by atoms with Crippen LogP contribution in [0.4, 0.5) is 0 Å². The minimum atomic E-state index is -1.35. The minimum absolute atomic E-state index is 0.0465. The number of benzene rings is 3. The average Bonchev–Trinajstić information content (AvgIpc) is 3.80. The average molecular weight is 669 g/mol. The molecule has 0 spiro atoms. The van der Waals surface area contributed by atoms with Crippen molar-refractivity contribution in [3.05, 3.63) is 125 Å². The van der Waals surface area contributed by atoms with E-state index in [1.807, 2.05) is 60.7 Å². The lowest BCUT2D eigenvalue weighted by Crippen LogP contribution is -2.49. The SMILES string of the molecule is O=C(O[C@@H]1CC(C(=O)N2CCC[C@@H]2C(=O)NCCO)=C[C@H]2OC(c3ccccc3)(c3ccccc3)O[C@H]21)c1cccc(C=COCCO)c1. The number of aliphatic hydroxyl groups is 2. The predicted octanol–water partition coefficient (Wildman–Crippen LogP) is 3.31. The zero-order valence-electron chi connectivity index (χ0n) is 27.0. The Kier molecular flexibility index (Phi) is 10.8. The van der Waals surface area contributed by atoms with Crippen molar-refractivity contribution in [2.45, 2.75) is 49.4 Å². The van der Waals surface area contributed by atoms with Gasteiger partial charge in [-0.1, -0.05) is 72.8 Å². The van der Waals surface area contributed by atoms with E-state index in [-0.39, 0.29) is 44.6 Å². The normalized spacial score (nSPS) is 22.7. The van der Waals surface area contributed by atoms with Gasteiger partial charge < -0.3 is 39.4 Å². The van der Waals surface area contributed by atoms with Gasteiger partial charge >= 0.3 is 5.97 Å². The topological polar surface area (TPSA) is 144 Å². The van der Waals surface area contributed by atoms with Gasteiger partial charge in [0.2, 0.25) is 17.6 Å². The largest absolute Gasteiger partial charge is 0.499 e. The number of esters is 1. The van der Waals surface area contributed by atoms with Gasteiger partial charge in [-0.25, -0.2) is 4.79 Å². The first-order valence-corrected chi connectivity index (χ1v) is 16.5. The Morgan fingerprint density at radius 3 is 2.37 bits per heavy atom. The van der Waals surface area contributed by atoms with Crippen LogP contribution in [-0.2, 0) is 34.3 Å². The zero-order valence-corrected chi connectivity index (χ0v) is 27.0. The fraction of sp³-hybridized carbons (Fsp3) is 0.342. The number of nitrogens with one attached hydrogen (secondary N) is 1. The first-order chi connectivity index (χ1) is 23.9. The monoisotopic (exact) mass is 668 g/mol. The second kappa shape index (κ2) is 15.6. The Morgan fingerprint density at radius 2 is 1.67 bits per heavy atom. The van der Waals surface area contributed by atoms with Gasteiger partial charge in [0.1, 0.15) is 31.0 Å². The van der Waals surface area contributed by atoms with Crippen LogP contribution in [0.3, 0.4) is 0 Å². The number of ether oxygens (including phenoxy) is 4. The molecular formula is C38H40N2O9. The number of likely N-dealkylation sites (tertiary alicyclic amines) is 1. The van der Waals surface area contributed by atoms with Crippen LogP contribution in [0.2, 0.25) is 0 Å². The van der Waals surface area contributed by atoms with Crippen LogP contribution in [-0.4, -0.2) is 90.2 Å². The molecule has 0 saturated carbocycles.